The Hall–Kier alpha value is -1.17. The number of likely N-dealkylation sites (N-methyl/N-ethyl adjacent to an activating group) is 1. The number of rotatable bonds is 6. The van der Waals surface area contributed by atoms with Crippen molar-refractivity contribution in [1.29, 1.82) is 0 Å². The van der Waals surface area contributed by atoms with Crippen LogP contribution in [0.2, 0.25) is 0 Å². The largest absolute Gasteiger partial charge is 0.489 e. The number of hydrogen-bond acceptors (Lipinski definition) is 5. The summed E-state index contributed by atoms with van der Waals surface area (Å²) >= 11 is 0. The number of pyridine rings is 1. The average Bonchev–Trinajstić information content (AvgIpc) is 3.28. The lowest BCUT2D eigenvalue weighted by Gasteiger charge is -2.29. The number of hydrogen-bond donors (Lipinski definition) is 1. The Balaban J connectivity index is 1.42. The minimum absolute atomic E-state index is 0.157. The summed E-state index contributed by atoms with van der Waals surface area (Å²) in [6.45, 7) is 4.15. The summed E-state index contributed by atoms with van der Waals surface area (Å²) in [7, 11) is 2.11. The Bertz CT molecular complexity index is 420. The summed E-state index contributed by atoms with van der Waals surface area (Å²) < 4.78 is 11.4. The van der Waals surface area contributed by atoms with Gasteiger partial charge in [0, 0.05) is 25.7 Å². The number of nitrogens with one attached hydrogen (secondary N) is 1. The quantitative estimate of drug-likeness (QED) is 0.842. The van der Waals surface area contributed by atoms with Crippen molar-refractivity contribution < 1.29 is 9.47 Å². The van der Waals surface area contributed by atoms with Gasteiger partial charge in [-0.15, -0.1) is 0 Å². The molecular formula is C15H23N3O2. The average molecular weight is 277 g/mol. The highest BCUT2D eigenvalue weighted by molar-refractivity contribution is 5.20. The molecule has 20 heavy (non-hydrogen) atoms. The summed E-state index contributed by atoms with van der Waals surface area (Å²) in [6.07, 6.45) is 4.56. The fourth-order valence-corrected chi connectivity index (χ4v) is 2.29. The molecule has 1 unspecified atom stereocenters. The summed E-state index contributed by atoms with van der Waals surface area (Å²) in [4.78, 5) is 6.68. The number of morpholine rings is 1. The second-order valence-corrected chi connectivity index (χ2v) is 5.71. The molecule has 1 aliphatic carbocycles. The van der Waals surface area contributed by atoms with Crippen molar-refractivity contribution in [2.24, 2.45) is 0 Å². The van der Waals surface area contributed by atoms with Gasteiger partial charge in [0.25, 0.3) is 0 Å². The molecular weight excluding hydrogens is 254 g/mol. The first-order valence-electron chi connectivity index (χ1n) is 7.41. The van der Waals surface area contributed by atoms with Gasteiger partial charge in [-0.3, -0.25) is 4.98 Å². The molecule has 5 nitrogen and oxygen atoms in total. The molecule has 0 aromatic carbocycles. The molecule has 110 valence electrons. The fourth-order valence-electron chi connectivity index (χ4n) is 2.29. The molecule has 2 heterocycles. The third-order valence-electron chi connectivity index (χ3n) is 3.72. The SMILES string of the molecule is CN1CCOC(COc2ccc(CNC3CC3)nc2)C1. The number of ether oxygens (including phenoxy) is 2. The maximum atomic E-state index is 5.75. The molecule has 5 heteroatoms. The first-order valence-corrected chi connectivity index (χ1v) is 7.41. The van der Waals surface area contributed by atoms with Gasteiger partial charge in [-0.25, -0.2) is 0 Å². The first kappa shape index (κ1) is 13.8. The van der Waals surface area contributed by atoms with E-state index in [1.54, 1.807) is 6.20 Å². The summed E-state index contributed by atoms with van der Waals surface area (Å²) in [5.41, 5.74) is 1.07. The van der Waals surface area contributed by atoms with Gasteiger partial charge in [0.1, 0.15) is 18.5 Å². The molecule has 1 saturated carbocycles. The van der Waals surface area contributed by atoms with Crippen LogP contribution < -0.4 is 10.1 Å². The van der Waals surface area contributed by atoms with Crippen molar-refractivity contribution in [3.8, 4) is 5.75 Å². The minimum Gasteiger partial charge on any atom is -0.489 e. The van der Waals surface area contributed by atoms with E-state index >= 15 is 0 Å². The van der Waals surface area contributed by atoms with Gasteiger partial charge in [0.2, 0.25) is 0 Å². The van der Waals surface area contributed by atoms with Gasteiger partial charge >= 0.3 is 0 Å². The lowest BCUT2D eigenvalue weighted by atomic mass is 10.3. The number of aromatic nitrogens is 1. The van der Waals surface area contributed by atoms with E-state index in [1.807, 2.05) is 12.1 Å². The fraction of sp³-hybridized carbons (Fsp3) is 0.667. The van der Waals surface area contributed by atoms with Gasteiger partial charge in [0.05, 0.1) is 18.5 Å². The lowest BCUT2D eigenvalue weighted by Crippen LogP contribution is -2.42. The zero-order valence-electron chi connectivity index (χ0n) is 12.0. The van der Waals surface area contributed by atoms with E-state index in [9.17, 15) is 0 Å². The molecule has 1 atom stereocenters. The third kappa shape index (κ3) is 4.16. The summed E-state index contributed by atoms with van der Waals surface area (Å²) in [5, 5.41) is 3.45. The van der Waals surface area contributed by atoms with Gasteiger partial charge in [-0.2, -0.15) is 0 Å². The van der Waals surface area contributed by atoms with Crippen LogP contribution in [0.4, 0.5) is 0 Å². The Labute approximate surface area is 120 Å². The highest BCUT2D eigenvalue weighted by Crippen LogP contribution is 2.19. The van der Waals surface area contributed by atoms with Crippen LogP contribution in [0.25, 0.3) is 0 Å². The molecule has 0 radical (unpaired) electrons. The van der Waals surface area contributed by atoms with E-state index in [2.05, 4.69) is 22.2 Å². The second-order valence-electron chi connectivity index (χ2n) is 5.71. The smallest absolute Gasteiger partial charge is 0.137 e. The predicted molar refractivity (Wildman–Crippen MR) is 76.8 cm³/mol. The lowest BCUT2D eigenvalue weighted by molar-refractivity contribution is -0.0404. The highest BCUT2D eigenvalue weighted by Gasteiger charge is 2.20. The van der Waals surface area contributed by atoms with Gasteiger partial charge < -0.3 is 19.7 Å². The van der Waals surface area contributed by atoms with E-state index < -0.39 is 0 Å². The van der Waals surface area contributed by atoms with Crippen molar-refractivity contribution in [3.63, 3.8) is 0 Å². The standard InChI is InChI=1S/C15H23N3O2/c1-18-6-7-19-15(10-18)11-20-14-5-4-13(17-9-14)8-16-12-2-3-12/h4-5,9,12,15-16H,2-3,6-8,10-11H2,1H3. The molecule has 1 N–H and O–H groups in total. The summed E-state index contributed by atoms with van der Waals surface area (Å²) in [6, 6.07) is 4.73. The molecule has 2 fully saturated rings. The second kappa shape index (κ2) is 6.52. The zero-order valence-corrected chi connectivity index (χ0v) is 12.0. The van der Waals surface area contributed by atoms with Crippen molar-refractivity contribution in [2.45, 2.75) is 31.5 Å². The van der Waals surface area contributed by atoms with Gasteiger partial charge in [-0.1, -0.05) is 0 Å². The third-order valence-corrected chi connectivity index (χ3v) is 3.72. The normalized spacial score (nSPS) is 23.8. The molecule has 0 bridgehead atoms. The molecule has 2 aliphatic rings. The van der Waals surface area contributed by atoms with E-state index in [4.69, 9.17) is 9.47 Å². The predicted octanol–water partition coefficient (Wildman–Crippen LogP) is 1.04. The van der Waals surface area contributed by atoms with Crippen molar-refractivity contribution in [2.75, 3.05) is 33.4 Å². The van der Waals surface area contributed by atoms with E-state index in [0.717, 1.165) is 37.7 Å². The zero-order chi connectivity index (χ0) is 13.8. The monoisotopic (exact) mass is 277 g/mol. The van der Waals surface area contributed by atoms with E-state index in [0.29, 0.717) is 12.6 Å². The van der Waals surface area contributed by atoms with Gasteiger partial charge in [-0.05, 0) is 32.0 Å². The molecule has 1 saturated heterocycles. The van der Waals surface area contributed by atoms with Crippen molar-refractivity contribution in [1.82, 2.24) is 15.2 Å². The van der Waals surface area contributed by atoms with E-state index in [-0.39, 0.29) is 6.10 Å². The molecule has 0 spiro atoms. The van der Waals surface area contributed by atoms with Crippen LogP contribution in [0.5, 0.6) is 5.75 Å². The Morgan fingerprint density at radius 2 is 2.35 bits per heavy atom. The molecule has 0 amide bonds. The van der Waals surface area contributed by atoms with Crippen LogP contribution in [0.15, 0.2) is 18.3 Å². The van der Waals surface area contributed by atoms with Crippen LogP contribution >= 0.6 is 0 Å². The first-order chi connectivity index (χ1) is 9.79. The number of nitrogens with zero attached hydrogens (tertiary/aromatic N) is 2. The van der Waals surface area contributed by atoms with Crippen LogP contribution in [0.1, 0.15) is 18.5 Å². The molecule has 3 rings (SSSR count). The minimum atomic E-state index is 0.157. The highest BCUT2D eigenvalue weighted by atomic mass is 16.5. The van der Waals surface area contributed by atoms with Gasteiger partial charge in [0.15, 0.2) is 0 Å². The molecule has 1 aromatic heterocycles. The van der Waals surface area contributed by atoms with Crippen molar-refractivity contribution in [3.05, 3.63) is 24.0 Å². The Morgan fingerprint density at radius 3 is 3.05 bits per heavy atom. The molecule has 1 aliphatic heterocycles. The molecule has 1 aromatic rings. The van der Waals surface area contributed by atoms with Crippen LogP contribution in [-0.2, 0) is 11.3 Å². The van der Waals surface area contributed by atoms with E-state index in [1.165, 1.54) is 12.8 Å². The maximum Gasteiger partial charge on any atom is 0.137 e. The topological polar surface area (TPSA) is 46.6 Å². The van der Waals surface area contributed by atoms with Crippen LogP contribution in [0, 0.1) is 0 Å². The maximum absolute atomic E-state index is 5.75. The Kier molecular flexibility index (Phi) is 4.50. The van der Waals surface area contributed by atoms with Crippen molar-refractivity contribution >= 4 is 0 Å². The Morgan fingerprint density at radius 1 is 1.45 bits per heavy atom. The van der Waals surface area contributed by atoms with Crippen LogP contribution in [0.3, 0.4) is 0 Å². The van der Waals surface area contributed by atoms with Crippen LogP contribution in [-0.4, -0.2) is 55.4 Å². The summed E-state index contributed by atoms with van der Waals surface area (Å²) in [5.74, 6) is 0.817.